The Morgan fingerprint density at radius 1 is 1.12 bits per heavy atom. The summed E-state index contributed by atoms with van der Waals surface area (Å²) in [5, 5.41) is 3.32. The van der Waals surface area contributed by atoms with E-state index >= 15 is 0 Å². The minimum Gasteiger partial charge on any atom is -0.465 e. The molecule has 1 N–H and O–H groups in total. The van der Waals surface area contributed by atoms with E-state index in [2.05, 4.69) is 10.3 Å². The van der Waals surface area contributed by atoms with Crippen LogP contribution in [0.3, 0.4) is 0 Å². The molecule has 1 heterocycles. The van der Waals surface area contributed by atoms with Gasteiger partial charge in [-0.25, -0.2) is 9.78 Å². The highest BCUT2D eigenvalue weighted by atomic mass is 32.1. The third-order valence-electron chi connectivity index (χ3n) is 3.66. The minimum atomic E-state index is -0.397. The summed E-state index contributed by atoms with van der Waals surface area (Å²) in [5.74, 6) is -0.592. The molecule has 0 fully saturated rings. The lowest BCUT2D eigenvalue weighted by atomic mass is 10.1. The van der Waals surface area contributed by atoms with E-state index in [-0.39, 0.29) is 5.91 Å². The SMILES string of the molecule is COC(=O)c1ccc2nc(NC(=O)c3ccc(C)cc3C)sc2c1. The van der Waals surface area contributed by atoms with E-state index in [0.29, 0.717) is 16.3 Å². The third kappa shape index (κ3) is 3.14. The fourth-order valence-corrected chi connectivity index (χ4v) is 3.36. The molecule has 0 radical (unpaired) electrons. The number of methoxy groups -OCH3 is 1. The molecule has 1 aromatic heterocycles. The summed E-state index contributed by atoms with van der Waals surface area (Å²) in [6.07, 6.45) is 0. The van der Waals surface area contributed by atoms with Gasteiger partial charge in [-0.05, 0) is 43.7 Å². The van der Waals surface area contributed by atoms with Gasteiger partial charge in [-0.3, -0.25) is 10.1 Å². The van der Waals surface area contributed by atoms with Crippen LogP contribution in [-0.2, 0) is 4.74 Å². The molecular weight excluding hydrogens is 324 g/mol. The largest absolute Gasteiger partial charge is 0.465 e. The molecule has 0 bridgehead atoms. The molecule has 0 aliphatic carbocycles. The van der Waals surface area contributed by atoms with Gasteiger partial charge < -0.3 is 4.74 Å². The van der Waals surface area contributed by atoms with E-state index < -0.39 is 5.97 Å². The van der Waals surface area contributed by atoms with Crippen LogP contribution < -0.4 is 5.32 Å². The van der Waals surface area contributed by atoms with E-state index in [9.17, 15) is 9.59 Å². The number of anilines is 1. The predicted molar refractivity (Wildman–Crippen MR) is 94.8 cm³/mol. The van der Waals surface area contributed by atoms with Gasteiger partial charge in [-0.15, -0.1) is 0 Å². The zero-order valence-corrected chi connectivity index (χ0v) is 14.4. The number of benzene rings is 2. The number of hydrogen-bond donors (Lipinski definition) is 1. The monoisotopic (exact) mass is 340 g/mol. The first-order valence-electron chi connectivity index (χ1n) is 7.35. The molecular formula is C18H16N2O3S. The Morgan fingerprint density at radius 3 is 2.62 bits per heavy atom. The highest BCUT2D eigenvalue weighted by molar-refractivity contribution is 7.22. The number of esters is 1. The number of ether oxygens (including phenoxy) is 1. The first-order valence-corrected chi connectivity index (χ1v) is 8.17. The lowest BCUT2D eigenvalue weighted by Gasteiger charge is -2.06. The maximum Gasteiger partial charge on any atom is 0.337 e. The van der Waals surface area contributed by atoms with Crippen molar-refractivity contribution < 1.29 is 14.3 Å². The Hall–Kier alpha value is -2.73. The summed E-state index contributed by atoms with van der Waals surface area (Å²) in [4.78, 5) is 28.4. The van der Waals surface area contributed by atoms with Crippen molar-refractivity contribution in [2.45, 2.75) is 13.8 Å². The smallest absolute Gasteiger partial charge is 0.337 e. The molecule has 0 unspecified atom stereocenters. The molecule has 0 aliphatic rings. The topological polar surface area (TPSA) is 68.3 Å². The molecule has 3 rings (SSSR count). The fraction of sp³-hybridized carbons (Fsp3) is 0.167. The number of carbonyl (C=O) groups excluding carboxylic acids is 2. The van der Waals surface area contributed by atoms with E-state index in [0.717, 1.165) is 21.3 Å². The third-order valence-corrected chi connectivity index (χ3v) is 4.59. The van der Waals surface area contributed by atoms with Crippen LogP contribution in [0, 0.1) is 13.8 Å². The molecule has 24 heavy (non-hydrogen) atoms. The Kier molecular flexibility index (Phi) is 4.31. The molecule has 0 aliphatic heterocycles. The van der Waals surface area contributed by atoms with Gasteiger partial charge in [-0.1, -0.05) is 29.0 Å². The average molecular weight is 340 g/mol. The number of hydrogen-bond acceptors (Lipinski definition) is 5. The van der Waals surface area contributed by atoms with Crippen molar-refractivity contribution in [2.24, 2.45) is 0 Å². The summed E-state index contributed by atoms with van der Waals surface area (Å²) in [6.45, 7) is 3.89. The Balaban J connectivity index is 1.87. The van der Waals surface area contributed by atoms with Crippen molar-refractivity contribution in [1.29, 1.82) is 0 Å². The van der Waals surface area contributed by atoms with Crippen molar-refractivity contribution >= 4 is 38.6 Å². The van der Waals surface area contributed by atoms with Crippen molar-refractivity contribution in [3.63, 3.8) is 0 Å². The number of amides is 1. The van der Waals surface area contributed by atoms with E-state index in [1.807, 2.05) is 32.0 Å². The van der Waals surface area contributed by atoms with Crippen molar-refractivity contribution in [3.8, 4) is 0 Å². The number of aryl methyl sites for hydroxylation is 2. The van der Waals surface area contributed by atoms with Crippen LogP contribution in [0.15, 0.2) is 36.4 Å². The molecule has 0 saturated heterocycles. The molecule has 1 amide bonds. The number of aromatic nitrogens is 1. The van der Waals surface area contributed by atoms with Gasteiger partial charge in [-0.2, -0.15) is 0 Å². The number of nitrogens with one attached hydrogen (secondary N) is 1. The van der Waals surface area contributed by atoms with Crippen LogP contribution in [0.4, 0.5) is 5.13 Å². The van der Waals surface area contributed by atoms with Gasteiger partial charge in [0.2, 0.25) is 0 Å². The van der Waals surface area contributed by atoms with Gasteiger partial charge in [0.1, 0.15) is 0 Å². The van der Waals surface area contributed by atoms with Crippen LogP contribution in [0.2, 0.25) is 0 Å². The predicted octanol–water partition coefficient (Wildman–Crippen LogP) is 3.95. The second kappa shape index (κ2) is 6.41. The Bertz CT molecular complexity index is 947. The number of fused-ring (bicyclic) bond motifs is 1. The lowest BCUT2D eigenvalue weighted by molar-refractivity contribution is 0.0601. The molecule has 3 aromatic rings. The van der Waals surface area contributed by atoms with Crippen molar-refractivity contribution in [2.75, 3.05) is 12.4 Å². The first-order chi connectivity index (χ1) is 11.5. The first kappa shape index (κ1) is 16.1. The Morgan fingerprint density at radius 2 is 1.92 bits per heavy atom. The van der Waals surface area contributed by atoms with Gasteiger partial charge in [0.25, 0.3) is 5.91 Å². The standard InChI is InChI=1S/C18H16N2O3S/c1-10-4-6-13(11(2)8-10)16(21)20-18-19-14-7-5-12(17(22)23-3)9-15(14)24-18/h4-9H,1-3H3,(H,19,20,21). The maximum atomic E-state index is 12.4. The molecule has 0 spiro atoms. The summed E-state index contributed by atoms with van der Waals surface area (Å²) in [7, 11) is 1.34. The molecule has 122 valence electrons. The number of rotatable bonds is 3. The average Bonchev–Trinajstić information content (AvgIpc) is 2.95. The van der Waals surface area contributed by atoms with Gasteiger partial charge in [0.15, 0.2) is 5.13 Å². The van der Waals surface area contributed by atoms with Crippen LogP contribution >= 0.6 is 11.3 Å². The van der Waals surface area contributed by atoms with Crippen molar-refractivity contribution in [3.05, 3.63) is 58.7 Å². The minimum absolute atomic E-state index is 0.195. The summed E-state index contributed by atoms with van der Waals surface area (Å²) < 4.78 is 5.53. The number of carbonyl (C=O) groups is 2. The van der Waals surface area contributed by atoms with Gasteiger partial charge in [0.05, 0.1) is 22.9 Å². The normalized spacial score (nSPS) is 10.6. The number of nitrogens with zero attached hydrogens (tertiary/aromatic N) is 1. The summed E-state index contributed by atoms with van der Waals surface area (Å²) >= 11 is 1.32. The van der Waals surface area contributed by atoms with Crippen LogP contribution in [0.25, 0.3) is 10.2 Å². The second-order valence-corrected chi connectivity index (χ2v) is 6.50. The molecule has 2 aromatic carbocycles. The maximum absolute atomic E-state index is 12.4. The zero-order valence-electron chi connectivity index (χ0n) is 13.5. The molecule has 5 nitrogen and oxygen atoms in total. The van der Waals surface area contributed by atoms with Crippen LogP contribution in [0.5, 0.6) is 0 Å². The van der Waals surface area contributed by atoms with Gasteiger partial charge in [0, 0.05) is 5.56 Å². The number of thiazole rings is 1. The van der Waals surface area contributed by atoms with Gasteiger partial charge >= 0.3 is 5.97 Å². The van der Waals surface area contributed by atoms with E-state index in [1.54, 1.807) is 18.2 Å². The van der Waals surface area contributed by atoms with Crippen LogP contribution in [0.1, 0.15) is 31.8 Å². The molecule has 0 atom stereocenters. The molecule has 6 heteroatoms. The highest BCUT2D eigenvalue weighted by Gasteiger charge is 2.13. The van der Waals surface area contributed by atoms with E-state index in [4.69, 9.17) is 4.74 Å². The summed E-state index contributed by atoms with van der Waals surface area (Å²) in [5.41, 5.74) is 3.83. The zero-order chi connectivity index (χ0) is 17.3. The Labute approximate surface area is 143 Å². The quantitative estimate of drug-likeness (QED) is 0.733. The molecule has 0 saturated carbocycles. The van der Waals surface area contributed by atoms with Crippen molar-refractivity contribution in [1.82, 2.24) is 4.98 Å². The van der Waals surface area contributed by atoms with Crippen LogP contribution in [-0.4, -0.2) is 24.0 Å². The fourth-order valence-electron chi connectivity index (χ4n) is 2.46. The van der Waals surface area contributed by atoms with E-state index in [1.165, 1.54) is 18.4 Å². The lowest BCUT2D eigenvalue weighted by Crippen LogP contribution is -2.13. The second-order valence-electron chi connectivity index (χ2n) is 5.47. The highest BCUT2D eigenvalue weighted by Crippen LogP contribution is 2.27. The summed E-state index contributed by atoms with van der Waals surface area (Å²) in [6, 6.07) is 10.8.